The molecule has 2 nitrogen and oxygen atoms in total. The Hall–Kier alpha value is -1.28. The number of aliphatic hydroxyl groups excluding tert-OH is 1. The third-order valence-electron chi connectivity index (χ3n) is 2.60. The quantitative estimate of drug-likeness (QED) is 0.724. The summed E-state index contributed by atoms with van der Waals surface area (Å²) in [4.78, 5) is 0. The van der Waals surface area contributed by atoms with Crippen molar-refractivity contribution in [3.63, 3.8) is 0 Å². The highest BCUT2D eigenvalue weighted by atomic mass is 16.5. The first kappa shape index (κ1) is 9.28. The van der Waals surface area contributed by atoms with Gasteiger partial charge >= 0.3 is 0 Å². The van der Waals surface area contributed by atoms with Crippen molar-refractivity contribution in [2.75, 3.05) is 7.11 Å². The molecule has 0 bridgehead atoms. The predicted octanol–water partition coefficient (Wildman–Crippen LogP) is 2.10. The van der Waals surface area contributed by atoms with Crippen molar-refractivity contribution in [2.24, 2.45) is 0 Å². The molecule has 0 amide bonds. The molecule has 0 heterocycles. The van der Waals surface area contributed by atoms with Gasteiger partial charge in [-0.25, -0.2) is 0 Å². The maximum Gasteiger partial charge on any atom is 0.118 e. The van der Waals surface area contributed by atoms with Crippen molar-refractivity contribution in [3.8, 4) is 5.75 Å². The summed E-state index contributed by atoms with van der Waals surface area (Å²) in [5.41, 5.74) is 1.23. The molecule has 1 aromatic rings. The average molecular weight is 190 g/mol. The summed E-state index contributed by atoms with van der Waals surface area (Å²) in [5.74, 6) is 1.23. The van der Waals surface area contributed by atoms with Crippen LogP contribution >= 0.6 is 0 Å². The third-order valence-corrected chi connectivity index (χ3v) is 2.60. The van der Waals surface area contributed by atoms with Crippen LogP contribution in [0.25, 0.3) is 0 Å². The Morgan fingerprint density at radius 2 is 1.93 bits per heavy atom. The van der Waals surface area contributed by atoms with Gasteiger partial charge in [0.1, 0.15) is 5.75 Å². The summed E-state index contributed by atoms with van der Waals surface area (Å²) in [6.45, 7) is 0. The number of allylic oxidation sites excluding steroid dienone is 1. The maximum absolute atomic E-state index is 9.35. The molecule has 0 fully saturated rings. The second kappa shape index (κ2) is 3.84. The monoisotopic (exact) mass is 190 g/mol. The molecule has 1 aliphatic rings. The summed E-state index contributed by atoms with van der Waals surface area (Å²) in [5, 5.41) is 9.35. The molecule has 0 aromatic heterocycles. The Kier molecular flexibility index (Phi) is 2.55. The fourth-order valence-electron chi connectivity index (χ4n) is 1.78. The van der Waals surface area contributed by atoms with Crippen LogP contribution in [0.3, 0.4) is 0 Å². The summed E-state index contributed by atoms with van der Waals surface area (Å²) >= 11 is 0. The SMILES string of the molecule is COc1ccc([C@@H]2C=C[C@@H](O)C2)cc1. The van der Waals surface area contributed by atoms with Gasteiger partial charge in [0.2, 0.25) is 0 Å². The van der Waals surface area contributed by atoms with E-state index in [1.165, 1.54) is 5.56 Å². The number of rotatable bonds is 2. The molecule has 0 aliphatic heterocycles. The van der Waals surface area contributed by atoms with Crippen LogP contribution in [-0.2, 0) is 0 Å². The van der Waals surface area contributed by atoms with E-state index in [4.69, 9.17) is 4.74 Å². The minimum atomic E-state index is -0.276. The van der Waals surface area contributed by atoms with Gasteiger partial charge in [0, 0.05) is 5.92 Å². The van der Waals surface area contributed by atoms with Crippen molar-refractivity contribution in [1.29, 1.82) is 0 Å². The van der Waals surface area contributed by atoms with E-state index in [1.807, 2.05) is 30.3 Å². The predicted molar refractivity (Wildman–Crippen MR) is 55.5 cm³/mol. The topological polar surface area (TPSA) is 29.5 Å². The molecular formula is C12H14O2. The maximum atomic E-state index is 9.35. The molecule has 0 spiro atoms. The number of hydrogen-bond acceptors (Lipinski definition) is 2. The van der Waals surface area contributed by atoms with Crippen LogP contribution in [0.15, 0.2) is 36.4 Å². The summed E-state index contributed by atoms with van der Waals surface area (Å²) < 4.78 is 5.09. The van der Waals surface area contributed by atoms with E-state index in [1.54, 1.807) is 7.11 Å². The van der Waals surface area contributed by atoms with Crippen LogP contribution < -0.4 is 4.74 Å². The van der Waals surface area contributed by atoms with Gasteiger partial charge in [-0.05, 0) is 24.1 Å². The normalized spacial score (nSPS) is 25.3. The van der Waals surface area contributed by atoms with E-state index in [9.17, 15) is 5.11 Å². The molecule has 2 rings (SSSR count). The molecule has 1 aliphatic carbocycles. The first-order valence-corrected chi connectivity index (χ1v) is 4.80. The summed E-state index contributed by atoms with van der Waals surface area (Å²) in [6, 6.07) is 8.00. The van der Waals surface area contributed by atoms with Crippen molar-refractivity contribution in [1.82, 2.24) is 0 Å². The molecule has 74 valence electrons. The average Bonchev–Trinajstić information content (AvgIpc) is 2.65. The number of hydrogen-bond donors (Lipinski definition) is 1. The third kappa shape index (κ3) is 1.80. The molecule has 2 heteroatoms. The minimum absolute atomic E-state index is 0.276. The Balaban J connectivity index is 2.14. The lowest BCUT2D eigenvalue weighted by atomic mass is 9.98. The van der Waals surface area contributed by atoms with Crippen molar-refractivity contribution in [2.45, 2.75) is 18.4 Å². The Labute approximate surface area is 83.8 Å². The largest absolute Gasteiger partial charge is 0.497 e. The number of benzene rings is 1. The van der Waals surface area contributed by atoms with Crippen LogP contribution in [0.4, 0.5) is 0 Å². The van der Waals surface area contributed by atoms with Crippen molar-refractivity contribution in [3.05, 3.63) is 42.0 Å². The Bertz CT molecular complexity index is 327. The van der Waals surface area contributed by atoms with Gasteiger partial charge in [0.05, 0.1) is 13.2 Å². The second-order valence-corrected chi connectivity index (χ2v) is 3.57. The first-order chi connectivity index (χ1) is 6.79. The van der Waals surface area contributed by atoms with Crippen molar-refractivity contribution < 1.29 is 9.84 Å². The zero-order valence-electron chi connectivity index (χ0n) is 8.18. The van der Waals surface area contributed by atoms with Gasteiger partial charge < -0.3 is 9.84 Å². The van der Waals surface area contributed by atoms with E-state index in [2.05, 4.69) is 6.08 Å². The summed E-state index contributed by atoms with van der Waals surface area (Å²) in [7, 11) is 1.66. The lowest BCUT2D eigenvalue weighted by molar-refractivity contribution is 0.218. The molecule has 1 N–H and O–H groups in total. The zero-order chi connectivity index (χ0) is 9.97. The number of aliphatic hydroxyl groups is 1. The van der Waals surface area contributed by atoms with Crippen LogP contribution in [0.2, 0.25) is 0 Å². The van der Waals surface area contributed by atoms with Crippen LogP contribution in [0.5, 0.6) is 5.75 Å². The number of ether oxygens (including phenoxy) is 1. The molecule has 0 unspecified atom stereocenters. The fourth-order valence-corrected chi connectivity index (χ4v) is 1.78. The van der Waals surface area contributed by atoms with Crippen LogP contribution in [0.1, 0.15) is 17.9 Å². The lowest BCUT2D eigenvalue weighted by Gasteiger charge is -2.09. The van der Waals surface area contributed by atoms with Gasteiger partial charge in [0.25, 0.3) is 0 Å². The zero-order valence-corrected chi connectivity index (χ0v) is 8.18. The highest BCUT2D eigenvalue weighted by Gasteiger charge is 2.17. The van der Waals surface area contributed by atoms with E-state index in [-0.39, 0.29) is 6.10 Å². The molecule has 0 saturated heterocycles. The number of methoxy groups -OCH3 is 1. The lowest BCUT2D eigenvalue weighted by Crippen LogP contribution is -2.00. The fraction of sp³-hybridized carbons (Fsp3) is 0.333. The Morgan fingerprint density at radius 1 is 1.21 bits per heavy atom. The van der Waals surface area contributed by atoms with Gasteiger partial charge in [-0.1, -0.05) is 24.3 Å². The van der Waals surface area contributed by atoms with Gasteiger partial charge in [0.15, 0.2) is 0 Å². The summed E-state index contributed by atoms with van der Waals surface area (Å²) in [6.07, 6.45) is 4.44. The van der Waals surface area contributed by atoms with E-state index in [0.717, 1.165) is 12.2 Å². The smallest absolute Gasteiger partial charge is 0.118 e. The van der Waals surface area contributed by atoms with E-state index in [0.29, 0.717) is 5.92 Å². The Morgan fingerprint density at radius 3 is 2.43 bits per heavy atom. The van der Waals surface area contributed by atoms with Crippen molar-refractivity contribution >= 4 is 0 Å². The van der Waals surface area contributed by atoms with Gasteiger partial charge in [-0.2, -0.15) is 0 Å². The molecule has 1 aromatic carbocycles. The van der Waals surface area contributed by atoms with E-state index >= 15 is 0 Å². The van der Waals surface area contributed by atoms with Crippen LogP contribution in [0, 0.1) is 0 Å². The molecule has 14 heavy (non-hydrogen) atoms. The van der Waals surface area contributed by atoms with Crippen LogP contribution in [-0.4, -0.2) is 18.3 Å². The van der Waals surface area contributed by atoms with Gasteiger partial charge in [-0.3, -0.25) is 0 Å². The highest BCUT2D eigenvalue weighted by Crippen LogP contribution is 2.29. The molecule has 0 radical (unpaired) electrons. The van der Waals surface area contributed by atoms with Gasteiger partial charge in [-0.15, -0.1) is 0 Å². The minimum Gasteiger partial charge on any atom is -0.497 e. The molecule has 0 saturated carbocycles. The first-order valence-electron chi connectivity index (χ1n) is 4.80. The molecule has 2 atom stereocenters. The second-order valence-electron chi connectivity index (χ2n) is 3.57. The highest BCUT2D eigenvalue weighted by molar-refractivity contribution is 5.33. The molecular weight excluding hydrogens is 176 g/mol. The van der Waals surface area contributed by atoms with E-state index < -0.39 is 0 Å². The standard InChI is InChI=1S/C12H14O2/c1-14-12-6-3-9(4-7-12)10-2-5-11(13)8-10/h2-7,10-11,13H,8H2,1H3/t10-,11-/m1/s1.